The average molecular weight is 356 g/mol. The van der Waals surface area contributed by atoms with Crippen molar-refractivity contribution in [1.29, 1.82) is 0 Å². The van der Waals surface area contributed by atoms with Gasteiger partial charge in [-0.05, 0) is 52.9 Å². The first kappa shape index (κ1) is 14.0. The fraction of sp³-hybridized carbons (Fsp3) is 0.333. The van der Waals surface area contributed by atoms with E-state index in [4.69, 9.17) is 10.5 Å². The second kappa shape index (κ2) is 5.47. The molecule has 1 aromatic carbocycles. The van der Waals surface area contributed by atoms with Crippen molar-refractivity contribution in [2.45, 2.75) is 25.3 Å². The Morgan fingerprint density at radius 1 is 1.35 bits per heavy atom. The molecule has 1 aliphatic rings. The lowest BCUT2D eigenvalue weighted by Gasteiger charge is -2.15. The molecule has 106 valence electrons. The van der Waals surface area contributed by atoms with Crippen LogP contribution in [0.15, 0.2) is 22.7 Å². The van der Waals surface area contributed by atoms with Crippen LogP contribution in [0.2, 0.25) is 0 Å². The van der Waals surface area contributed by atoms with Gasteiger partial charge < -0.3 is 10.5 Å². The molecule has 2 nitrogen and oxygen atoms in total. The molecule has 0 bridgehead atoms. The zero-order valence-electron chi connectivity index (χ0n) is 11.1. The smallest absolute Gasteiger partial charge is 0.141 e. The van der Waals surface area contributed by atoms with Crippen molar-refractivity contribution in [3.8, 4) is 5.75 Å². The van der Waals surface area contributed by atoms with E-state index in [1.54, 1.807) is 17.4 Å². The number of rotatable bonds is 3. The van der Waals surface area contributed by atoms with Gasteiger partial charge in [0.15, 0.2) is 0 Å². The SMILES string of the molecule is COc1cc(F)c(Br)cc1C(N)c1cc2c(s1)CCC2. The molecule has 1 aliphatic carbocycles. The van der Waals surface area contributed by atoms with Crippen molar-refractivity contribution in [2.75, 3.05) is 7.11 Å². The molecule has 0 radical (unpaired) electrons. The predicted molar refractivity (Wildman–Crippen MR) is 83.0 cm³/mol. The molecule has 1 aromatic heterocycles. The Bertz CT molecular complexity index is 634. The van der Waals surface area contributed by atoms with Crippen LogP contribution < -0.4 is 10.5 Å². The van der Waals surface area contributed by atoms with Gasteiger partial charge in [0.05, 0.1) is 17.6 Å². The summed E-state index contributed by atoms with van der Waals surface area (Å²) in [4.78, 5) is 2.56. The highest BCUT2D eigenvalue weighted by Gasteiger charge is 2.22. The third-order valence-electron chi connectivity index (χ3n) is 3.68. The topological polar surface area (TPSA) is 35.2 Å². The van der Waals surface area contributed by atoms with Gasteiger partial charge in [-0.25, -0.2) is 4.39 Å². The summed E-state index contributed by atoms with van der Waals surface area (Å²) in [5.41, 5.74) is 8.58. The van der Waals surface area contributed by atoms with E-state index in [2.05, 4.69) is 22.0 Å². The number of aryl methyl sites for hydroxylation is 2. The Balaban J connectivity index is 2.00. The first-order chi connectivity index (χ1) is 9.60. The average Bonchev–Trinajstić information content (AvgIpc) is 3.01. The molecule has 1 heterocycles. The summed E-state index contributed by atoms with van der Waals surface area (Å²) in [6, 6.07) is 5.00. The van der Waals surface area contributed by atoms with Gasteiger partial charge in [0.1, 0.15) is 11.6 Å². The quantitative estimate of drug-likeness (QED) is 0.895. The van der Waals surface area contributed by atoms with E-state index in [0.29, 0.717) is 10.2 Å². The van der Waals surface area contributed by atoms with Crippen LogP contribution in [0.3, 0.4) is 0 Å². The Morgan fingerprint density at radius 2 is 2.15 bits per heavy atom. The van der Waals surface area contributed by atoms with Gasteiger partial charge in [0, 0.05) is 21.4 Å². The summed E-state index contributed by atoms with van der Waals surface area (Å²) in [5.74, 6) is 0.151. The first-order valence-electron chi connectivity index (χ1n) is 6.50. The number of halogens is 2. The highest BCUT2D eigenvalue weighted by Crippen LogP contribution is 2.38. The first-order valence-corrected chi connectivity index (χ1v) is 8.11. The molecular formula is C15H15BrFNOS. The standard InChI is InChI=1S/C15H15BrFNOS/c1-19-12-7-11(17)10(16)6-9(12)15(18)14-5-8-3-2-4-13(8)20-14/h5-7,15H,2-4,18H2,1H3. The van der Waals surface area contributed by atoms with Crippen molar-refractivity contribution in [3.05, 3.63) is 49.4 Å². The Hall–Kier alpha value is -0.910. The number of hydrogen-bond acceptors (Lipinski definition) is 3. The largest absolute Gasteiger partial charge is 0.496 e. The van der Waals surface area contributed by atoms with Crippen molar-refractivity contribution < 1.29 is 9.13 Å². The van der Waals surface area contributed by atoms with Crippen LogP contribution in [0.1, 0.15) is 33.3 Å². The minimum atomic E-state index is -0.341. The summed E-state index contributed by atoms with van der Waals surface area (Å²) in [5, 5.41) is 0. The molecule has 0 spiro atoms. The van der Waals surface area contributed by atoms with Gasteiger partial charge >= 0.3 is 0 Å². The van der Waals surface area contributed by atoms with Gasteiger partial charge in [-0.3, -0.25) is 0 Å². The van der Waals surface area contributed by atoms with Gasteiger partial charge in [-0.2, -0.15) is 0 Å². The van der Waals surface area contributed by atoms with E-state index in [1.807, 2.05) is 0 Å². The number of ether oxygens (including phenoxy) is 1. The van der Waals surface area contributed by atoms with E-state index < -0.39 is 0 Å². The highest BCUT2D eigenvalue weighted by molar-refractivity contribution is 9.10. The second-order valence-corrected chi connectivity index (χ2v) is 6.96. The molecule has 0 saturated carbocycles. The van der Waals surface area contributed by atoms with E-state index >= 15 is 0 Å². The van der Waals surface area contributed by atoms with Crippen LogP contribution >= 0.6 is 27.3 Å². The summed E-state index contributed by atoms with van der Waals surface area (Å²) in [6.07, 6.45) is 3.53. The monoisotopic (exact) mass is 355 g/mol. The zero-order chi connectivity index (χ0) is 14.3. The number of benzene rings is 1. The van der Waals surface area contributed by atoms with E-state index in [-0.39, 0.29) is 11.9 Å². The van der Waals surface area contributed by atoms with Crippen LogP contribution in [0.25, 0.3) is 0 Å². The van der Waals surface area contributed by atoms with Crippen molar-refractivity contribution >= 4 is 27.3 Å². The molecule has 5 heteroatoms. The fourth-order valence-corrected chi connectivity index (χ4v) is 4.26. The van der Waals surface area contributed by atoms with Gasteiger partial charge in [0.2, 0.25) is 0 Å². The lowest BCUT2D eigenvalue weighted by molar-refractivity contribution is 0.404. The molecular weight excluding hydrogens is 341 g/mol. The maximum absolute atomic E-state index is 13.6. The molecule has 1 unspecified atom stereocenters. The van der Waals surface area contributed by atoms with Crippen LogP contribution in [0.5, 0.6) is 5.75 Å². The molecule has 0 saturated heterocycles. The van der Waals surface area contributed by atoms with Crippen molar-refractivity contribution in [1.82, 2.24) is 0 Å². The van der Waals surface area contributed by atoms with E-state index in [1.165, 1.54) is 30.0 Å². The molecule has 2 N–H and O–H groups in total. The summed E-state index contributed by atoms with van der Waals surface area (Å²) in [7, 11) is 1.54. The normalized spacial score (nSPS) is 15.2. The Kier molecular flexibility index (Phi) is 3.84. The lowest BCUT2D eigenvalue weighted by Crippen LogP contribution is -2.12. The molecule has 0 amide bonds. The van der Waals surface area contributed by atoms with Crippen LogP contribution in [0.4, 0.5) is 4.39 Å². The molecule has 20 heavy (non-hydrogen) atoms. The number of thiophene rings is 1. The van der Waals surface area contributed by atoms with Crippen LogP contribution in [0, 0.1) is 5.82 Å². The van der Waals surface area contributed by atoms with Gasteiger partial charge in [-0.15, -0.1) is 11.3 Å². The second-order valence-electron chi connectivity index (χ2n) is 4.94. The summed E-state index contributed by atoms with van der Waals surface area (Å²) < 4.78 is 19.3. The predicted octanol–water partition coefficient (Wildman–Crippen LogP) is 4.20. The third kappa shape index (κ3) is 2.38. The van der Waals surface area contributed by atoms with Crippen LogP contribution in [-0.4, -0.2) is 7.11 Å². The number of methoxy groups -OCH3 is 1. The summed E-state index contributed by atoms with van der Waals surface area (Å²) in [6.45, 7) is 0. The molecule has 0 aliphatic heterocycles. The van der Waals surface area contributed by atoms with E-state index in [9.17, 15) is 4.39 Å². The number of hydrogen-bond donors (Lipinski definition) is 1. The third-order valence-corrected chi connectivity index (χ3v) is 5.61. The maximum Gasteiger partial charge on any atom is 0.141 e. The molecule has 0 fully saturated rings. The molecule has 1 atom stereocenters. The zero-order valence-corrected chi connectivity index (χ0v) is 13.5. The van der Waals surface area contributed by atoms with Crippen molar-refractivity contribution in [2.24, 2.45) is 5.73 Å². The highest BCUT2D eigenvalue weighted by atomic mass is 79.9. The fourth-order valence-electron chi connectivity index (χ4n) is 2.62. The lowest BCUT2D eigenvalue weighted by atomic mass is 10.0. The van der Waals surface area contributed by atoms with Crippen LogP contribution in [-0.2, 0) is 12.8 Å². The molecule has 3 rings (SSSR count). The van der Waals surface area contributed by atoms with Crippen molar-refractivity contribution in [3.63, 3.8) is 0 Å². The van der Waals surface area contributed by atoms with Gasteiger partial charge in [-0.1, -0.05) is 0 Å². The number of nitrogens with two attached hydrogens (primary N) is 1. The summed E-state index contributed by atoms with van der Waals surface area (Å²) >= 11 is 4.98. The Morgan fingerprint density at radius 3 is 2.85 bits per heavy atom. The molecule has 2 aromatic rings. The minimum absolute atomic E-state index is 0.280. The van der Waals surface area contributed by atoms with E-state index in [0.717, 1.165) is 23.3 Å². The van der Waals surface area contributed by atoms with Gasteiger partial charge in [0.25, 0.3) is 0 Å². The minimum Gasteiger partial charge on any atom is -0.496 e. The Labute approximate surface area is 129 Å². The maximum atomic E-state index is 13.6. The number of fused-ring (bicyclic) bond motifs is 1.